The first-order chi connectivity index (χ1) is 13.0. The molecule has 1 spiro atoms. The van der Waals surface area contributed by atoms with Crippen molar-refractivity contribution in [3.63, 3.8) is 0 Å². The van der Waals surface area contributed by atoms with Gasteiger partial charge in [-0.1, -0.05) is 12.1 Å². The largest absolute Gasteiger partial charge is 0.497 e. The van der Waals surface area contributed by atoms with Crippen molar-refractivity contribution in [1.82, 2.24) is 19.4 Å². The first kappa shape index (κ1) is 18.0. The normalized spacial score (nSPS) is 19.1. The number of ether oxygens (including phenoxy) is 1. The van der Waals surface area contributed by atoms with E-state index in [0.29, 0.717) is 6.42 Å². The van der Waals surface area contributed by atoms with Gasteiger partial charge in [0.25, 0.3) is 0 Å². The molecule has 6 nitrogen and oxygen atoms in total. The Morgan fingerprint density at radius 2 is 1.85 bits per heavy atom. The van der Waals surface area contributed by atoms with E-state index in [0.717, 1.165) is 50.3 Å². The number of fused-ring (bicyclic) bond motifs is 2. The Bertz CT molecular complexity index is 819. The molecule has 0 radical (unpaired) electrons. The van der Waals surface area contributed by atoms with Crippen molar-refractivity contribution >= 4 is 5.91 Å². The number of carbonyl (C=O) groups is 1. The Labute approximate surface area is 160 Å². The lowest BCUT2D eigenvalue weighted by atomic mass is 9.83. The number of piperidine rings is 1. The van der Waals surface area contributed by atoms with Crippen LogP contribution in [0.15, 0.2) is 30.5 Å². The van der Waals surface area contributed by atoms with E-state index in [1.807, 2.05) is 35.4 Å². The van der Waals surface area contributed by atoms with Crippen LogP contribution in [0.3, 0.4) is 0 Å². The molecule has 0 aliphatic carbocycles. The van der Waals surface area contributed by atoms with Crippen LogP contribution in [0.4, 0.5) is 0 Å². The fraction of sp³-hybridized carbons (Fsp3) is 0.524. The topological polar surface area (TPSA) is 50.6 Å². The second kappa shape index (κ2) is 7.00. The zero-order valence-electron chi connectivity index (χ0n) is 16.4. The predicted octanol–water partition coefficient (Wildman–Crippen LogP) is 2.21. The number of aryl methyl sites for hydroxylation is 1. The maximum absolute atomic E-state index is 12.8. The molecule has 144 valence electrons. The van der Waals surface area contributed by atoms with Gasteiger partial charge in [0.2, 0.25) is 5.91 Å². The summed E-state index contributed by atoms with van der Waals surface area (Å²) in [5.41, 5.74) is 2.22. The average Bonchev–Trinajstić information content (AvgIpc) is 3.08. The monoisotopic (exact) mass is 368 g/mol. The summed E-state index contributed by atoms with van der Waals surface area (Å²) in [5, 5.41) is 0. The van der Waals surface area contributed by atoms with Crippen LogP contribution in [0.1, 0.15) is 29.9 Å². The molecule has 6 heteroatoms. The van der Waals surface area contributed by atoms with Crippen LogP contribution in [0, 0.1) is 6.92 Å². The third-order valence-corrected chi connectivity index (χ3v) is 6.32. The van der Waals surface area contributed by atoms with Crippen LogP contribution in [-0.2, 0) is 23.3 Å². The molecule has 4 rings (SSSR count). The van der Waals surface area contributed by atoms with Gasteiger partial charge >= 0.3 is 0 Å². The number of imidazole rings is 1. The van der Waals surface area contributed by atoms with Gasteiger partial charge in [-0.15, -0.1) is 0 Å². The number of hydrogen-bond acceptors (Lipinski definition) is 4. The van der Waals surface area contributed by atoms with Gasteiger partial charge in [0.1, 0.15) is 11.6 Å². The molecular formula is C21H28N4O2. The first-order valence-corrected chi connectivity index (χ1v) is 9.68. The van der Waals surface area contributed by atoms with E-state index < -0.39 is 0 Å². The van der Waals surface area contributed by atoms with Gasteiger partial charge in [-0.05, 0) is 44.5 Å². The molecule has 2 aromatic rings. The van der Waals surface area contributed by atoms with Crippen molar-refractivity contribution in [3.8, 4) is 5.75 Å². The molecule has 1 aromatic heterocycles. The van der Waals surface area contributed by atoms with Crippen molar-refractivity contribution in [2.24, 2.45) is 0 Å². The van der Waals surface area contributed by atoms with Gasteiger partial charge in [-0.25, -0.2) is 4.98 Å². The third kappa shape index (κ3) is 3.12. The predicted molar refractivity (Wildman–Crippen MR) is 104 cm³/mol. The molecular weight excluding hydrogens is 340 g/mol. The molecule has 0 bridgehead atoms. The second-order valence-electron chi connectivity index (χ2n) is 7.73. The number of likely N-dealkylation sites (tertiary alicyclic amines) is 1. The summed E-state index contributed by atoms with van der Waals surface area (Å²) in [6, 6.07) is 7.76. The van der Waals surface area contributed by atoms with Gasteiger partial charge < -0.3 is 14.2 Å². The summed E-state index contributed by atoms with van der Waals surface area (Å²) in [4.78, 5) is 22.0. The highest BCUT2D eigenvalue weighted by Gasteiger charge is 2.45. The number of aromatic nitrogens is 2. The molecule has 27 heavy (non-hydrogen) atoms. The van der Waals surface area contributed by atoms with E-state index in [9.17, 15) is 4.79 Å². The molecule has 0 saturated carbocycles. The lowest BCUT2D eigenvalue weighted by molar-refractivity contribution is -0.133. The van der Waals surface area contributed by atoms with Crippen LogP contribution in [0.25, 0.3) is 0 Å². The zero-order valence-corrected chi connectivity index (χ0v) is 16.4. The summed E-state index contributed by atoms with van der Waals surface area (Å²) < 4.78 is 7.54. The minimum absolute atomic E-state index is 0.0383. The number of rotatable bonds is 3. The molecule has 1 aromatic carbocycles. The van der Waals surface area contributed by atoms with Crippen LogP contribution in [0.2, 0.25) is 0 Å². The number of carbonyl (C=O) groups excluding carboxylic acids is 1. The second-order valence-corrected chi connectivity index (χ2v) is 7.73. The summed E-state index contributed by atoms with van der Waals surface area (Å²) in [6.45, 7) is 5.73. The number of methoxy groups -OCH3 is 1. The van der Waals surface area contributed by atoms with E-state index in [-0.39, 0.29) is 11.4 Å². The third-order valence-electron chi connectivity index (χ3n) is 6.32. The van der Waals surface area contributed by atoms with Crippen molar-refractivity contribution in [2.45, 2.75) is 38.3 Å². The lowest BCUT2D eigenvalue weighted by Gasteiger charge is -2.49. The van der Waals surface area contributed by atoms with E-state index in [1.165, 1.54) is 11.5 Å². The highest BCUT2D eigenvalue weighted by atomic mass is 16.5. The van der Waals surface area contributed by atoms with Crippen LogP contribution >= 0.6 is 0 Å². The highest BCUT2D eigenvalue weighted by molar-refractivity contribution is 5.79. The number of nitrogens with zero attached hydrogens (tertiary/aromatic N) is 4. The van der Waals surface area contributed by atoms with Crippen molar-refractivity contribution in [2.75, 3.05) is 33.8 Å². The fourth-order valence-electron chi connectivity index (χ4n) is 4.51. The van der Waals surface area contributed by atoms with E-state index in [2.05, 4.69) is 23.4 Å². The quantitative estimate of drug-likeness (QED) is 0.834. The van der Waals surface area contributed by atoms with Crippen molar-refractivity contribution in [3.05, 3.63) is 47.5 Å². The Kier molecular flexibility index (Phi) is 4.68. The molecule has 3 heterocycles. The van der Waals surface area contributed by atoms with E-state index >= 15 is 0 Å². The Balaban J connectivity index is 1.44. The Hall–Kier alpha value is -2.34. The number of benzene rings is 1. The number of hydrogen-bond donors (Lipinski definition) is 0. The van der Waals surface area contributed by atoms with E-state index in [1.54, 1.807) is 7.11 Å². The summed E-state index contributed by atoms with van der Waals surface area (Å²) in [7, 11) is 3.85. The van der Waals surface area contributed by atoms with Gasteiger partial charge in [0, 0.05) is 38.1 Å². The van der Waals surface area contributed by atoms with Gasteiger partial charge in [0.05, 0.1) is 19.1 Å². The molecule has 1 fully saturated rings. The molecule has 1 saturated heterocycles. The SMILES string of the molecule is COc1ccc(CC(=O)N2CCC3(CC2)c2ncc(C)n2CCN3C)cc1. The summed E-state index contributed by atoms with van der Waals surface area (Å²) in [5.74, 6) is 2.20. The van der Waals surface area contributed by atoms with Gasteiger partial charge in [0.15, 0.2) is 0 Å². The standard InChI is InChI=1S/C21H28N4O2/c1-16-15-22-20-21(23(2)12-13-25(16)20)8-10-24(11-9-21)19(26)14-17-4-6-18(27-3)7-5-17/h4-7,15H,8-14H2,1-3H3. The summed E-state index contributed by atoms with van der Waals surface area (Å²) in [6.07, 6.45) is 4.31. The molecule has 0 atom stereocenters. The minimum Gasteiger partial charge on any atom is -0.497 e. The van der Waals surface area contributed by atoms with Crippen LogP contribution in [-0.4, -0.2) is 59.0 Å². The van der Waals surface area contributed by atoms with Crippen LogP contribution < -0.4 is 4.74 Å². The van der Waals surface area contributed by atoms with Crippen molar-refractivity contribution < 1.29 is 9.53 Å². The number of amides is 1. The molecule has 0 N–H and O–H groups in total. The van der Waals surface area contributed by atoms with Crippen LogP contribution in [0.5, 0.6) is 5.75 Å². The molecule has 2 aliphatic heterocycles. The Morgan fingerprint density at radius 3 is 2.52 bits per heavy atom. The summed E-state index contributed by atoms with van der Waals surface area (Å²) >= 11 is 0. The smallest absolute Gasteiger partial charge is 0.226 e. The zero-order chi connectivity index (χ0) is 19.0. The van der Waals surface area contributed by atoms with Gasteiger partial charge in [-0.3, -0.25) is 9.69 Å². The molecule has 0 unspecified atom stereocenters. The lowest BCUT2D eigenvalue weighted by Crippen LogP contribution is -2.57. The fourth-order valence-corrected chi connectivity index (χ4v) is 4.51. The van der Waals surface area contributed by atoms with E-state index in [4.69, 9.17) is 9.72 Å². The molecule has 1 amide bonds. The molecule has 2 aliphatic rings. The Morgan fingerprint density at radius 1 is 1.15 bits per heavy atom. The maximum atomic E-state index is 12.8. The average molecular weight is 368 g/mol. The van der Waals surface area contributed by atoms with Gasteiger partial charge in [-0.2, -0.15) is 0 Å². The minimum atomic E-state index is -0.0383. The number of likely N-dealkylation sites (N-methyl/N-ethyl adjacent to an activating group) is 1. The first-order valence-electron chi connectivity index (χ1n) is 9.68. The maximum Gasteiger partial charge on any atom is 0.226 e. The highest BCUT2D eigenvalue weighted by Crippen LogP contribution is 2.40. The van der Waals surface area contributed by atoms with Crippen molar-refractivity contribution in [1.29, 1.82) is 0 Å².